The Labute approximate surface area is 254 Å². The van der Waals surface area contributed by atoms with Gasteiger partial charge in [-0.1, -0.05) is 31.3 Å². The number of anilines is 1. The number of thiocarbonyl (C=S) groups is 1. The van der Waals surface area contributed by atoms with Crippen LogP contribution in [0.4, 0.5) is 5.69 Å². The minimum Gasteiger partial charge on any atom is -0.545 e. The van der Waals surface area contributed by atoms with E-state index in [1.54, 1.807) is 40.1 Å². The van der Waals surface area contributed by atoms with E-state index < -0.39 is 12.0 Å². The molecule has 1 heterocycles. The maximum atomic E-state index is 13.7. The van der Waals surface area contributed by atoms with Crippen molar-refractivity contribution >= 4 is 57.5 Å². The fourth-order valence-electron chi connectivity index (χ4n) is 4.92. The predicted molar refractivity (Wildman–Crippen MR) is 147 cm³/mol. The number of hydrogen-bond donors (Lipinski definition) is 1. The molecule has 0 aliphatic heterocycles. The molecule has 1 unspecified atom stereocenters. The number of aliphatic carboxylic acids is 1. The molecule has 2 aliphatic carbocycles. The Balaban J connectivity index is 0.00000400. The van der Waals surface area contributed by atoms with Crippen LogP contribution in [0.2, 0.25) is 0 Å². The Morgan fingerprint density at radius 2 is 1.79 bits per heavy atom. The van der Waals surface area contributed by atoms with Gasteiger partial charge in [0.25, 0.3) is 5.91 Å². The first-order valence-electron chi connectivity index (χ1n) is 12.5. The molecule has 1 aromatic heterocycles. The summed E-state index contributed by atoms with van der Waals surface area (Å²) in [4.78, 5) is 43.9. The Morgan fingerprint density at radius 3 is 2.34 bits per heavy atom. The minimum atomic E-state index is -1.37. The number of carboxylic acid groups (broad SMARTS) is 1. The van der Waals surface area contributed by atoms with Crippen LogP contribution < -0.4 is 40.0 Å². The maximum Gasteiger partial charge on any atom is 1.00 e. The van der Waals surface area contributed by atoms with Crippen molar-refractivity contribution in [2.24, 2.45) is 11.8 Å². The number of rotatable bonds is 7. The van der Waals surface area contributed by atoms with Gasteiger partial charge >= 0.3 is 29.6 Å². The minimum absolute atomic E-state index is 0. The number of nitrogens with zero attached hydrogens (tertiary/aromatic N) is 2. The van der Waals surface area contributed by atoms with Gasteiger partial charge < -0.3 is 20.1 Å². The molecule has 38 heavy (non-hydrogen) atoms. The van der Waals surface area contributed by atoms with E-state index in [0.29, 0.717) is 22.9 Å². The van der Waals surface area contributed by atoms with Crippen LogP contribution in [0.25, 0.3) is 5.57 Å². The molecular weight excluding hydrogens is 529 g/mol. The molecule has 10 heteroatoms. The summed E-state index contributed by atoms with van der Waals surface area (Å²) in [6, 6.07) is 6.23. The van der Waals surface area contributed by atoms with Crippen LogP contribution in [0.3, 0.4) is 0 Å². The third kappa shape index (κ3) is 6.87. The zero-order chi connectivity index (χ0) is 26.7. The van der Waals surface area contributed by atoms with E-state index in [1.165, 1.54) is 17.4 Å². The Kier molecular flexibility index (Phi) is 10.6. The molecule has 1 aromatic carbocycles. The number of carbonyl (C=O) groups excluding carboxylic acids is 3. The summed E-state index contributed by atoms with van der Waals surface area (Å²) in [6.07, 6.45) is 7.04. The maximum absolute atomic E-state index is 13.7. The van der Waals surface area contributed by atoms with Gasteiger partial charge in [-0.15, -0.1) is 11.3 Å². The first-order chi connectivity index (χ1) is 17.7. The van der Waals surface area contributed by atoms with Gasteiger partial charge in [0, 0.05) is 28.6 Å². The van der Waals surface area contributed by atoms with Crippen LogP contribution >= 0.6 is 23.6 Å². The molecule has 2 aromatic rings. The van der Waals surface area contributed by atoms with Crippen LogP contribution in [0.15, 0.2) is 52.9 Å². The molecule has 1 saturated carbocycles. The number of nitrogens with one attached hydrogen (secondary N) is 1. The second-order valence-electron chi connectivity index (χ2n) is 9.98. The van der Waals surface area contributed by atoms with Gasteiger partial charge in [0.05, 0.1) is 22.4 Å². The monoisotopic (exact) mass is 559 g/mol. The van der Waals surface area contributed by atoms with Crippen LogP contribution in [0, 0.1) is 11.8 Å². The Bertz CT molecular complexity index is 1250. The Hall–Kier alpha value is -2.17. The number of aromatic nitrogens is 1. The number of hydrogen-bond acceptors (Lipinski definition) is 7. The Morgan fingerprint density at radius 1 is 1.13 bits per heavy atom. The molecule has 1 fully saturated rings. The molecule has 7 nitrogen and oxygen atoms in total. The normalized spacial score (nSPS) is 21.2. The summed E-state index contributed by atoms with van der Waals surface area (Å²) in [7, 11) is 0. The van der Waals surface area contributed by atoms with Crippen LogP contribution in [0.5, 0.6) is 0 Å². The van der Waals surface area contributed by atoms with Crippen molar-refractivity contribution in [3.63, 3.8) is 0 Å². The number of allylic oxidation sites excluding steroid dienone is 2. The second kappa shape index (κ2) is 13.3. The number of amides is 2. The molecule has 4 rings (SSSR count). The average Bonchev–Trinajstić information content (AvgIpc) is 3.41. The van der Waals surface area contributed by atoms with Crippen molar-refractivity contribution in [3.05, 3.63) is 64.1 Å². The van der Waals surface area contributed by atoms with Gasteiger partial charge in [-0.3, -0.25) is 9.59 Å². The molecule has 0 spiro atoms. The topological polar surface area (TPSA) is 102 Å². The molecule has 2 amide bonds. The first-order valence-corrected chi connectivity index (χ1v) is 13.8. The van der Waals surface area contributed by atoms with Crippen molar-refractivity contribution in [1.82, 2.24) is 9.88 Å². The zero-order valence-electron chi connectivity index (χ0n) is 22.1. The first kappa shape index (κ1) is 30.4. The summed E-state index contributed by atoms with van der Waals surface area (Å²) in [5.41, 5.74) is 3.79. The van der Waals surface area contributed by atoms with Crippen molar-refractivity contribution in [3.8, 4) is 0 Å². The molecule has 2 aliphatic rings. The van der Waals surface area contributed by atoms with Gasteiger partial charge in [0.2, 0.25) is 5.91 Å². The number of carboxylic acids is 1. The van der Waals surface area contributed by atoms with Gasteiger partial charge in [0.15, 0.2) is 0 Å². The van der Waals surface area contributed by atoms with E-state index in [-0.39, 0.29) is 63.8 Å². The zero-order valence-corrected chi connectivity index (χ0v) is 25.7. The largest absolute Gasteiger partial charge is 1.00 e. The molecule has 0 radical (unpaired) electrons. The van der Waals surface area contributed by atoms with Gasteiger partial charge in [0.1, 0.15) is 5.69 Å². The van der Waals surface area contributed by atoms with Crippen molar-refractivity contribution in [1.29, 1.82) is 0 Å². The molecule has 194 valence electrons. The fraction of sp³-hybridized carbons (Fsp3) is 0.393. The van der Waals surface area contributed by atoms with E-state index >= 15 is 0 Å². The van der Waals surface area contributed by atoms with E-state index in [1.807, 2.05) is 19.9 Å². The molecule has 0 bridgehead atoms. The van der Waals surface area contributed by atoms with Gasteiger partial charge in [-0.25, -0.2) is 4.98 Å². The molecular formula is C28H30N3NaO4S2. The van der Waals surface area contributed by atoms with E-state index in [4.69, 9.17) is 12.2 Å². The number of carbonyl (C=O) groups is 3. The summed E-state index contributed by atoms with van der Waals surface area (Å²) in [6.45, 7) is 6.06. The number of benzene rings is 1. The third-order valence-electron chi connectivity index (χ3n) is 7.01. The summed E-state index contributed by atoms with van der Waals surface area (Å²) in [5, 5.41) is 16.5. The van der Waals surface area contributed by atoms with Crippen LogP contribution in [0.1, 0.15) is 62.5 Å². The summed E-state index contributed by atoms with van der Waals surface area (Å²) < 4.78 is 0. The molecule has 1 atom stereocenters. The van der Waals surface area contributed by atoms with Gasteiger partial charge in [-0.05, 0) is 80.9 Å². The SMILES string of the molecule is CC1CCC(C(=O)N(C(C)C)C2C=C(c3ccc(NC(=O)c4cscn4)cc3)C=C(C(=O)[O-])C2=S)CC1.[Na+]. The molecule has 1 N–H and O–H groups in total. The summed E-state index contributed by atoms with van der Waals surface area (Å²) >= 11 is 6.93. The van der Waals surface area contributed by atoms with Crippen LogP contribution in [-0.2, 0) is 9.59 Å². The smallest absolute Gasteiger partial charge is 0.545 e. The van der Waals surface area contributed by atoms with E-state index in [0.717, 1.165) is 31.2 Å². The number of thiazole rings is 1. The van der Waals surface area contributed by atoms with Crippen molar-refractivity contribution in [2.45, 2.75) is 58.5 Å². The van der Waals surface area contributed by atoms with E-state index in [9.17, 15) is 19.5 Å². The quantitative estimate of drug-likeness (QED) is 0.405. The predicted octanol–water partition coefficient (Wildman–Crippen LogP) is 1.27. The summed E-state index contributed by atoms with van der Waals surface area (Å²) in [5.74, 6) is -1.13. The standard InChI is InChI=1S/C28H31N3O4S2.Na/c1-16(2)31(27(33)19-6-4-17(3)5-7-19)24-13-20(12-22(25(24)36)28(34)35)18-8-10-21(11-9-18)30-26(32)23-14-37-15-29-23;/h8-17,19,24H,4-7H2,1-3H3,(H,30,32)(H,34,35);/q;+1/p-1. The third-order valence-corrected chi connectivity index (χ3v) is 8.06. The van der Waals surface area contributed by atoms with Crippen LogP contribution in [-0.4, -0.2) is 44.6 Å². The van der Waals surface area contributed by atoms with Gasteiger partial charge in [-0.2, -0.15) is 0 Å². The van der Waals surface area contributed by atoms with Crippen molar-refractivity contribution in [2.75, 3.05) is 5.32 Å². The molecule has 0 saturated heterocycles. The fourth-order valence-corrected chi connectivity index (χ4v) is 5.78. The average molecular weight is 560 g/mol. The van der Waals surface area contributed by atoms with Crippen molar-refractivity contribution < 1.29 is 49.0 Å². The van der Waals surface area contributed by atoms with E-state index in [2.05, 4.69) is 17.2 Å². The second-order valence-corrected chi connectivity index (χ2v) is 11.1.